The van der Waals surface area contributed by atoms with Crippen LogP contribution in [0.15, 0.2) is 27.2 Å². The highest BCUT2D eigenvalue weighted by molar-refractivity contribution is 5.85. The summed E-state index contributed by atoms with van der Waals surface area (Å²) in [6, 6.07) is 3.59. The number of carbonyl (C=O) groups is 1. The molecule has 1 fully saturated rings. The second-order valence-electron chi connectivity index (χ2n) is 5.48. The van der Waals surface area contributed by atoms with E-state index in [9.17, 15) is 4.79 Å². The summed E-state index contributed by atoms with van der Waals surface area (Å²) >= 11 is 0. The monoisotopic (exact) mass is 361 g/mol. The van der Waals surface area contributed by atoms with Crippen LogP contribution in [0.2, 0.25) is 0 Å². The second-order valence-corrected chi connectivity index (χ2v) is 5.48. The van der Waals surface area contributed by atoms with Gasteiger partial charge in [-0.2, -0.15) is 0 Å². The van der Waals surface area contributed by atoms with E-state index in [0.29, 0.717) is 35.6 Å². The number of furan rings is 1. The Bertz CT molecular complexity index is 624. The van der Waals surface area contributed by atoms with Crippen LogP contribution in [0.3, 0.4) is 0 Å². The predicted molar refractivity (Wildman–Crippen MR) is 90.9 cm³/mol. The van der Waals surface area contributed by atoms with Crippen LogP contribution in [-0.4, -0.2) is 23.5 Å². The van der Waals surface area contributed by atoms with Crippen molar-refractivity contribution in [3.63, 3.8) is 0 Å². The van der Waals surface area contributed by atoms with Crippen molar-refractivity contribution in [3.8, 4) is 11.7 Å². The molecule has 2 aromatic rings. The largest absolute Gasteiger partial charge is 0.459 e. The minimum absolute atomic E-state index is 0. The van der Waals surface area contributed by atoms with Crippen LogP contribution >= 0.6 is 24.8 Å². The SMILES string of the molecule is Cc1oc(-c2ccco2)nc1CC(=O)NCC(N)C1CC1.Cl.Cl. The molecule has 1 unspecified atom stereocenters. The number of carbonyl (C=O) groups excluding carboxylic acids is 1. The molecule has 23 heavy (non-hydrogen) atoms. The summed E-state index contributed by atoms with van der Waals surface area (Å²) in [7, 11) is 0. The van der Waals surface area contributed by atoms with Crippen LogP contribution in [0.1, 0.15) is 24.3 Å². The van der Waals surface area contributed by atoms with Crippen LogP contribution in [0, 0.1) is 12.8 Å². The Morgan fingerprint density at radius 2 is 2.22 bits per heavy atom. The Balaban J connectivity index is 0.00000132. The maximum atomic E-state index is 11.9. The highest BCUT2D eigenvalue weighted by atomic mass is 35.5. The fourth-order valence-electron chi connectivity index (χ4n) is 2.23. The van der Waals surface area contributed by atoms with E-state index in [2.05, 4.69) is 10.3 Å². The molecule has 2 aromatic heterocycles. The van der Waals surface area contributed by atoms with Crippen LogP contribution < -0.4 is 11.1 Å². The van der Waals surface area contributed by atoms with E-state index < -0.39 is 0 Å². The molecule has 0 radical (unpaired) electrons. The number of hydrogen-bond acceptors (Lipinski definition) is 5. The van der Waals surface area contributed by atoms with E-state index >= 15 is 0 Å². The number of rotatable bonds is 6. The number of nitrogens with two attached hydrogens (primary N) is 1. The number of aryl methyl sites for hydroxylation is 1. The second kappa shape index (κ2) is 8.38. The lowest BCUT2D eigenvalue weighted by molar-refractivity contribution is -0.120. The van der Waals surface area contributed by atoms with Crippen molar-refractivity contribution in [2.75, 3.05) is 6.54 Å². The van der Waals surface area contributed by atoms with Gasteiger partial charge in [0.2, 0.25) is 5.91 Å². The molecule has 1 atom stereocenters. The zero-order valence-electron chi connectivity index (χ0n) is 12.8. The number of halogens is 2. The van der Waals surface area contributed by atoms with Crippen molar-refractivity contribution in [1.82, 2.24) is 10.3 Å². The molecular weight excluding hydrogens is 341 g/mol. The van der Waals surface area contributed by atoms with Gasteiger partial charge >= 0.3 is 0 Å². The molecule has 1 aliphatic carbocycles. The van der Waals surface area contributed by atoms with Gasteiger partial charge in [-0.3, -0.25) is 4.79 Å². The molecule has 128 valence electrons. The first kappa shape index (κ1) is 19.5. The zero-order valence-corrected chi connectivity index (χ0v) is 14.4. The smallest absolute Gasteiger partial charge is 0.263 e. The topological polar surface area (TPSA) is 94.3 Å². The molecule has 1 aliphatic rings. The molecule has 3 N–H and O–H groups in total. The summed E-state index contributed by atoms with van der Waals surface area (Å²) in [6.07, 6.45) is 4.09. The minimum Gasteiger partial charge on any atom is -0.459 e. The van der Waals surface area contributed by atoms with Gasteiger partial charge in [0.25, 0.3) is 5.89 Å². The Kier molecular flexibility index (Phi) is 7.12. The maximum absolute atomic E-state index is 11.9. The van der Waals surface area contributed by atoms with Gasteiger partial charge in [-0.25, -0.2) is 4.98 Å². The first-order valence-electron chi connectivity index (χ1n) is 7.16. The van der Waals surface area contributed by atoms with Crippen molar-refractivity contribution in [3.05, 3.63) is 29.9 Å². The van der Waals surface area contributed by atoms with Gasteiger partial charge in [-0.1, -0.05) is 0 Å². The molecule has 0 saturated heterocycles. The Hall–Kier alpha value is -1.50. The number of oxazole rings is 1. The molecule has 8 heteroatoms. The Labute approximate surface area is 147 Å². The van der Waals surface area contributed by atoms with Crippen molar-refractivity contribution in [2.45, 2.75) is 32.2 Å². The van der Waals surface area contributed by atoms with E-state index in [1.807, 2.05) is 0 Å². The quantitative estimate of drug-likeness (QED) is 0.823. The summed E-state index contributed by atoms with van der Waals surface area (Å²) in [5.41, 5.74) is 6.58. The third-order valence-electron chi connectivity index (χ3n) is 3.72. The standard InChI is InChI=1S/C15H19N3O3.2ClH/c1-9-12(18-15(21-9)13-3-2-6-20-13)7-14(19)17-8-11(16)10-4-5-10;;/h2-3,6,10-11H,4-5,7-8,16H2,1H3,(H,17,19);2*1H. The molecule has 1 saturated carbocycles. The first-order valence-corrected chi connectivity index (χ1v) is 7.16. The summed E-state index contributed by atoms with van der Waals surface area (Å²) < 4.78 is 10.8. The van der Waals surface area contributed by atoms with Gasteiger partial charge in [0.05, 0.1) is 18.4 Å². The van der Waals surface area contributed by atoms with Crippen LogP contribution in [0.25, 0.3) is 11.7 Å². The first-order chi connectivity index (χ1) is 10.1. The van der Waals surface area contributed by atoms with Gasteiger partial charge in [-0.05, 0) is 37.8 Å². The number of nitrogens with zero attached hydrogens (tertiary/aromatic N) is 1. The van der Waals surface area contributed by atoms with E-state index in [1.54, 1.807) is 25.3 Å². The molecule has 1 amide bonds. The van der Waals surface area contributed by atoms with Crippen LogP contribution in [0.5, 0.6) is 0 Å². The number of amides is 1. The molecule has 2 heterocycles. The molecular formula is C15H21Cl2N3O3. The summed E-state index contributed by atoms with van der Waals surface area (Å²) in [4.78, 5) is 16.3. The highest BCUT2D eigenvalue weighted by Gasteiger charge is 2.28. The van der Waals surface area contributed by atoms with E-state index in [-0.39, 0.29) is 43.2 Å². The van der Waals surface area contributed by atoms with Crippen molar-refractivity contribution >= 4 is 30.7 Å². The minimum atomic E-state index is -0.0894. The number of hydrogen-bond donors (Lipinski definition) is 2. The maximum Gasteiger partial charge on any atom is 0.263 e. The van der Waals surface area contributed by atoms with Crippen molar-refractivity contribution < 1.29 is 13.6 Å². The average Bonchev–Trinajstić information content (AvgIpc) is 3.05. The van der Waals surface area contributed by atoms with Gasteiger partial charge in [-0.15, -0.1) is 24.8 Å². The van der Waals surface area contributed by atoms with Crippen molar-refractivity contribution in [2.24, 2.45) is 11.7 Å². The lowest BCUT2D eigenvalue weighted by Gasteiger charge is -2.10. The Morgan fingerprint density at radius 1 is 1.48 bits per heavy atom. The van der Waals surface area contributed by atoms with Gasteiger partial charge < -0.3 is 19.9 Å². The molecule has 0 aromatic carbocycles. The van der Waals surface area contributed by atoms with E-state index in [0.717, 1.165) is 0 Å². The summed E-state index contributed by atoms with van der Waals surface area (Å²) in [5, 5.41) is 2.85. The normalized spacial score (nSPS) is 14.5. The average molecular weight is 362 g/mol. The van der Waals surface area contributed by atoms with Crippen LogP contribution in [-0.2, 0) is 11.2 Å². The molecule has 0 aliphatic heterocycles. The molecule has 6 nitrogen and oxygen atoms in total. The molecule has 0 spiro atoms. The fourth-order valence-corrected chi connectivity index (χ4v) is 2.23. The number of aromatic nitrogens is 1. The fraction of sp³-hybridized carbons (Fsp3) is 0.467. The summed E-state index contributed by atoms with van der Waals surface area (Å²) in [6.45, 7) is 2.31. The molecule has 0 bridgehead atoms. The zero-order chi connectivity index (χ0) is 14.8. The Morgan fingerprint density at radius 3 is 2.83 bits per heavy atom. The third kappa shape index (κ3) is 4.99. The van der Waals surface area contributed by atoms with Crippen molar-refractivity contribution in [1.29, 1.82) is 0 Å². The van der Waals surface area contributed by atoms with Gasteiger partial charge in [0.15, 0.2) is 5.76 Å². The lowest BCUT2D eigenvalue weighted by Crippen LogP contribution is -2.39. The highest BCUT2D eigenvalue weighted by Crippen LogP contribution is 2.31. The molecule has 3 rings (SSSR count). The van der Waals surface area contributed by atoms with Crippen LogP contribution in [0.4, 0.5) is 0 Å². The van der Waals surface area contributed by atoms with E-state index in [4.69, 9.17) is 14.6 Å². The van der Waals surface area contributed by atoms with E-state index in [1.165, 1.54) is 12.8 Å². The number of nitrogens with one attached hydrogen (secondary N) is 1. The third-order valence-corrected chi connectivity index (χ3v) is 3.72. The van der Waals surface area contributed by atoms with Gasteiger partial charge in [0.1, 0.15) is 5.76 Å². The lowest BCUT2D eigenvalue weighted by atomic mass is 10.2. The predicted octanol–water partition coefficient (Wildman–Crippen LogP) is 2.48. The van der Waals surface area contributed by atoms with Gasteiger partial charge in [0, 0.05) is 12.6 Å². The summed E-state index contributed by atoms with van der Waals surface area (Å²) in [5.74, 6) is 2.07.